The highest BCUT2D eigenvalue weighted by Gasteiger charge is 2.32. The highest BCUT2D eigenvalue weighted by atomic mass is 15.0. The molecular formula is C48H32N4. The lowest BCUT2D eigenvalue weighted by atomic mass is 9.70. The van der Waals surface area contributed by atoms with Gasteiger partial charge in [0.15, 0.2) is 17.5 Å². The van der Waals surface area contributed by atoms with Crippen LogP contribution in [0.5, 0.6) is 0 Å². The number of aromatic nitrogens is 4. The second-order valence-corrected chi connectivity index (χ2v) is 13.4. The second-order valence-electron chi connectivity index (χ2n) is 13.4. The Labute approximate surface area is 301 Å². The SMILES string of the molecule is C1=CC2C(c3cccc(-c4nc(-c5ccccc5)nc(-c5ccc6ncccc6c5)n4)c3)=c3ccccc3=C(c3ccc4ccccc4c3)C2C=C1. The van der Waals surface area contributed by atoms with Crippen LogP contribution in [0.15, 0.2) is 182 Å². The molecule has 6 aromatic carbocycles. The molecule has 0 radical (unpaired) electrons. The molecule has 2 unspecified atom stereocenters. The van der Waals surface area contributed by atoms with Crippen LogP contribution in [0.25, 0.3) is 67.0 Å². The smallest absolute Gasteiger partial charge is 0.164 e. The number of hydrogen-bond donors (Lipinski definition) is 0. The molecule has 0 saturated carbocycles. The molecule has 2 aliphatic carbocycles. The zero-order valence-electron chi connectivity index (χ0n) is 28.3. The van der Waals surface area contributed by atoms with Gasteiger partial charge in [0.25, 0.3) is 0 Å². The minimum Gasteiger partial charge on any atom is -0.256 e. The number of hydrogen-bond acceptors (Lipinski definition) is 4. The van der Waals surface area contributed by atoms with Gasteiger partial charge in [-0.3, -0.25) is 4.98 Å². The lowest BCUT2D eigenvalue weighted by Gasteiger charge is -2.33. The van der Waals surface area contributed by atoms with Gasteiger partial charge in [-0.1, -0.05) is 140 Å². The molecule has 0 spiro atoms. The van der Waals surface area contributed by atoms with Crippen LogP contribution in [0.1, 0.15) is 11.1 Å². The van der Waals surface area contributed by atoms with E-state index >= 15 is 0 Å². The van der Waals surface area contributed by atoms with Crippen LogP contribution >= 0.6 is 0 Å². The van der Waals surface area contributed by atoms with Gasteiger partial charge in [0.2, 0.25) is 0 Å². The molecular weight excluding hydrogens is 633 g/mol. The third-order valence-electron chi connectivity index (χ3n) is 10.3. The highest BCUT2D eigenvalue weighted by Crippen LogP contribution is 2.41. The maximum Gasteiger partial charge on any atom is 0.164 e. The quantitative estimate of drug-likeness (QED) is 0.184. The summed E-state index contributed by atoms with van der Waals surface area (Å²) in [6.45, 7) is 0. The fourth-order valence-electron chi connectivity index (χ4n) is 7.91. The van der Waals surface area contributed by atoms with Crippen molar-refractivity contribution in [3.63, 3.8) is 0 Å². The molecule has 8 aromatic rings. The summed E-state index contributed by atoms with van der Waals surface area (Å²) in [6.07, 6.45) is 11.0. The first-order chi connectivity index (χ1) is 25.8. The fourth-order valence-corrected chi connectivity index (χ4v) is 7.91. The van der Waals surface area contributed by atoms with Gasteiger partial charge in [-0.25, -0.2) is 15.0 Å². The Kier molecular flexibility index (Phi) is 7.24. The molecule has 244 valence electrons. The summed E-state index contributed by atoms with van der Waals surface area (Å²) in [5.74, 6) is 2.27. The van der Waals surface area contributed by atoms with Crippen LogP contribution < -0.4 is 10.4 Å². The summed E-state index contributed by atoms with van der Waals surface area (Å²) in [5.41, 5.74) is 8.86. The predicted molar refractivity (Wildman–Crippen MR) is 211 cm³/mol. The first kappa shape index (κ1) is 30.1. The molecule has 2 heterocycles. The first-order valence-corrected chi connectivity index (χ1v) is 17.7. The summed E-state index contributed by atoms with van der Waals surface area (Å²) < 4.78 is 0. The van der Waals surface area contributed by atoms with Gasteiger partial charge in [-0.2, -0.15) is 0 Å². The monoisotopic (exact) mass is 664 g/mol. The molecule has 52 heavy (non-hydrogen) atoms. The van der Waals surface area contributed by atoms with Crippen LogP contribution in [0.4, 0.5) is 0 Å². The minimum absolute atomic E-state index is 0.164. The van der Waals surface area contributed by atoms with E-state index in [2.05, 4.69) is 132 Å². The van der Waals surface area contributed by atoms with Crippen molar-refractivity contribution in [2.45, 2.75) is 0 Å². The summed E-state index contributed by atoms with van der Waals surface area (Å²) in [7, 11) is 0. The molecule has 0 aliphatic heterocycles. The predicted octanol–water partition coefficient (Wildman–Crippen LogP) is 9.34. The Balaban J connectivity index is 1.17. The molecule has 0 saturated heterocycles. The van der Waals surface area contributed by atoms with Crippen LogP contribution in [-0.2, 0) is 0 Å². The van der Waals surface area contributed by atoms with Crippen molar-refractivity contribution in [3.8, 4) is 34.2 Å². The van der Waals surface area contributed by atoms with E-state index in [1.807, 2.05) is 54.7 Å². The molecule has 0 bridgehead atoms. The van der Waals surface area contributed by atoms with E-state index in [9.17, 15) is 0 Å². The zero-order chi connectivity index (χ0) is 34.4. The number of nitrogens with zero attached hydrogens (tertiary/aromatic N) is 4. The van der Waals surface area contributed by atoms with Crippen molar-refractivity contribution < 1.29 is 0 Å². The van der Waals surface area contributed by atoms with Gasteiger partial charge in [-0.05, 0) is 79.9 Å². The van der Waals surface area contributed by atoms with Crippen molar-refractivity contribution in [2.24, 2.45) is 11.8 Å². The van der Waals surface area contributed by atoms with Crippen molar-refractivity contribution in [3.05, 3.63) is 204 Å². The van der Waals surface area contributed by atoms with Crippen molar-refractivity contribution in [2.75, 3.05) is 0 Å². The van der Waals surface area contributed by atoms with Crippen LogP contribution in [0, 0.1) is 11.8 Å². The summed E-state index contributed by atoms with van der Waals surface area (Å²) in [5, 5.41) is 6.09. The lowest BCUT2D eigenvalue weighted by Crippen LogP contribution is -2.40. The summed E-state index contributed by atoms with van der Waals surface area (Å²) in [6, 6.07) is 53.5. The average Bonchev–Trinajstić information content (AvgIpc) is 3.22. The van der Waals surface area contributed by atoms with E-state index in [4.69, 9.17) is 15.0 Å². The van der Waals surface area contributed by atoms with Gasteiger partial charge in [0, 0.05) is 40.1 Å². The Morgan fingerprint density at radius 3 is 1.65 bits per heavy atom. The van der Waals surface area contributed by atoms with Crippen LogP contribution in [0.3, 0.4) is 0 Å². The van der Waals surface area contributed by atoms with Crippen molar-refractivity contribution in [1.29, 1.82) is 0 Å². The van der Waals surface area contributed by atoms with E-state index in [1.165, 1.54) is 37.9 Å². The molecule has 0 N–H and O–H groups in total. The van der Waals surface area contributed by atoms with Gasteiger partial charge < -0.3 is 0 Å². The molecule has 4 nitrogen and oxygen atoms in total. The molecule has 10 rings (SSSR count). The van der Waals surface area contributed by atoms with E-state index in [-0.39, 0.29) is 11.8 Å². The summed E-state index contributed by atoms with van der Waals surface area (Å²) in [4.78, 5) is 19.7. The topological polar surface area (TPSA) is 51.6 Å². The van der Waals surface area contributed by atoms with Gasteiger partial charge in [0.05, 0.1) is 5.52 Å². The Bertz CT molecular complexity index is 2870. The summed E-state index contributed by atoms with van der Waals surface area (Å²) >= 11 is 0. The Morgan fingerprint density at radius 1 is 0.365 bits per heavy atom. The molecule has 2 atom stereocenters. The van der Waals surface area contributed by atoms with Crippen LogP contribution in [-0.4, -0.2) is 19.9 Å². The third-order valence-corrected chi connectivity index (χ3v) is 10.3. The fraction of sp³-hybridized carbons (Fsp3) is 0.0417. The molecule has 2 aromatic heterocycles. The number of allylic oxidation sites excluding steroid dienone is 4. The zero-order valence-corrected chi connectivity index (χ0v) is 28.3. The number of rotatable bonds is 5. The van der Waals surface area contributed by atoms with E-state index in [1.54, 1.807) is 0 Å². The standard InChI is InChI=1S/C48H32N4/c1-2-13-32(14-3-1)46-50-47(52-48(51-46)38-25-26-43-34(29-38)18-11-27-49-43)37-17-10-16-35(30-37)44-39-19-6-8-21-41(39)45(42-22-9-7-20-40(42)44)36-24-23-31-12-4-5-15-33(31)28-36/h1-30,39,41H. The molecule has 4 heteroatoms. The normalized spacial score (nSPS) is 16.2. The number of fused-ring (bicyclic) bond motifs is 4. The van der Waals surface area contributed by atoms with E-state index in [0.717, 1.165) is 33.2 Å². The number of benzene rings is 6. The second kappa shape index (κ2) is 12.5. The number of pyridine rings is 1. The molecule has 0 amide bonds. The van der Waals surface area contributed by atoms with Gasteiger partial charge in [-0.15, -0.1) is 0 Å². The van der Waals surface area contributed by atoms with E-state index < -0.39 is 0 Å². The highest BCUT2D eigenvalue weighted by molar-refractivity contribution is 5.89. The van der Waals surface area contributed by atoms with Crippen molar-refractivity contribution in [1.82, 2.24) is 19.9 Å². The van der Waals surface area contributed by atoms with Gasteiger partial charge in [0.1, 0.15) is 0 Å². The minimum atomic E-state index is 0.164. The first-order valence-electron chi connectivity index (χ1n) is 17.7. The Morgan fingerprint density at radius 2 is 0.904 bits per heavy atom. The molecule has 0 fully saturated rings. The van der Waals surface area contributed by atoms with Crippen molar-refractivity contribution >= 4 is 32.8 Å². The maximum absolute atomic E-state index is 5.11. The third kappa shape index (κ3) is 5.24. The average molecular weight is 665 g/mol. The maximum atomic E-state index is 5.11. The lowest BCUT2D eigenvalue weighted by molar-refractivity contribution is 0.686. The largest absolute Gasteiger partial charge is 0.256 e. The van der Waals surface area contributed by atoms with Gasteiger partial charge >= 0.3 is 0 Å². The van der Waals surface area contributed by atoms with Crippen LogP contribution in [0.2, 0.25) is 0 Å². The molecule has 2 aliphatic rings. The Hall–Kier alpha value is -6.78. The van der Waals surface area contributed by atoms with E-state index in [0.29, 0.717) is 17.5 Å².